The molecule has 1 aromatic heterocycles. The number of anilines is 1. The van der Waals surface area contributed by atoms with Gasteiger partial charge in [0.05, 0.1) is 22.8 Å². The number of aryl methyl sites for hydroxylation is 1. The normalized spacial score (nSPS) is 12.8. The molecule has 2 heterocycles. The first-order valence-corrected chi connectivity index (χ1v) is 6.10. The van der Waals surface area contributed by atoms with E-state index in [0.717, 1.165) is 0 Å². The topological polar surface area (TPSA) is 143 Å². The fourth-order valence-electron chi connectivity index (χ4n) is 1.81. The summed E-state index contributed by atoms with van der Waals surface area (Å²) in [7, 11) is 0. The highest BCUT2D eigenvalue weighted by Gasteiger charge is 2.22. The van der Waals surface area contributed by atoms with E-state index in [2.05, 4.69) is 20.7 Å². The highest BCUT2D eigenvalue weighted by atomic mass is 16.7. The third-order valence-corrected chi connectivity index (χ3v) is 2.95. The molecular weight excluding hydrogens is 294 g/mol. The molecule has 0 spiro atoms. The van der Waals surface area contributed by atoms with Crippen LogP contribution in [0, 0.1) is 17.0 Å². The van der Waals surface area contributed by atoms with Gasteiger partial charge in [-0.05, 0) is 13.0 Å². The Bertz CT molecular complexity index is 770. The lowest BCUT2D eigenvalue weighted by Crippen LogP contribution is -2.13. The van der Waals surface area contributed by atoms with Gasteiger partial charge in [0.15, 0.2) is 17.3 Å². The minimum atomic E-state index is -0.529. The second kappa shape index (κ2) is 5.20. The zero-order chi connectivity index (χ0) is 15.7. The minimum absolute atomic E-state index is 0.0287. The summed E-state index contributed by atoms with van der Waals surface area (Å²) in [6.07, 6.45) is 1.27. The Labute approximate surface area is 123 Å². The molecule has 3 N–H and O–H groups in total. The predicted molar refractivity (Wildman–Crippen MR) is 75.3 cm³/mol. The molecule has 0 bridgehead atoms. The number of hydrogen-bond acceptors (Lipinski definition) is 9. The van der Waals surface area contributed by atoms with Gasteiger partial charge in [-0.15, -0.1) is 10.2 Å². The summed E-state index contributed by atoms with van der Waals surface area (Å²) in [6, 6.07) is 2.77. The van der Waals surface area contributed by atoms with E-state index in [1.54, 1.807) is 6.92 Å². The molecule has 1 aliphatic rings. The lowest BCUT2D eigenvalue weighted by Gasteiger charge is -2.01. The lowest BCUT2D eigenvalue weighted by atomic mass is 10.1. The van der Waals surface area contributed by atoms with Gasteiger partial charge in [0.2, 0.25) is 6.79 Å². The summed E-state index contributed by atoms with van der Waals surface area (Å²) < 4.78 is 11.5. The van der Waals surface area contributed by atoms with E-state index >= 15 is 0 Å². The Morgan fingerprint density at radius 2 is 2.18 bits per heavy atom. The van der Waals surface area contributed by atoms with Crippen molar-refractivity contribution in [3.8, 4) is 11.5 Å². The molecule has 0 atom stereocenters. The highest BCUT2D eigenvalue weighted by molar-refractivity contribution is 5.87. The molecule has 0 saturated carbocycles. The van der Waals surface area contributed by atoms with Crippen LogP contribution in [0.1, 0.15) is 11.4 Å². The molecule has 1 aromatic carbocycles. The third-order valence-electron chi connectivity index (χ3n) is 2.95. The van der Waals surface area contributed by atoms with Crippen LogP contribution in [0.4, 0.5) is 11.6 Å². The fraction of sp³-hybridized carbons (Fsp3) is 0.182. The number of nitro benzene ring substituents is 1. The van der Waals surface area contributed by atoms with E-state index < -0.39 is 4.92 Å². The molecule has 0 aliphatic carbocycles. The first-order chi connectivity index (χ1) is 10.6. The second-order valence-corrected chi connectivity index (χ2v) is 4.33. The number of ether oxygens (including phenoxy) is 2. The summed E-state index contributed by atoms with van der Waals surface area (Å²) in [6.45, 7) is 1.70. The maximum atomic E-state index is 11.1. The van der Waals surface area contributed by atoms with Gasteiger partial charge < -0.3 is 15.3 Å². The van der Waals surface area contributed by atoms with E-state index in [0.29, 0.717) is 17.3 Å². The van der Waals surface area contributed by atoms with E-state index in [4.69, 9.17) is 15.3 Å². The van der Waals surface area contributed by atoms with Gasteiger partial charge >= 0.3 is 0 Å². The molecule has 0 fully saturated rings. The number of nitro groups is 1. The Morgan fingerprint density at radius 1 is 1.45 bits per heavy atom. The van der Waals surface area contributed by atoms with E-state index in [9.17, 15) is 10.1 Å². The summed E-state index contributed by atoms with van der Waals surface area (Å²) in [5.74, 6) is 7.09. The molecule has 11 heteroatoms. The monoisotopic (exact) mass is 305 g/mol. The molecule has 0 saturated heterocycles. The lowest BCUT2D eigenvalue weighted by molar-refractivity contribution is -0.385. The first-order valence-electron chi connectivity index (χ1n) is 6.10. The van der Waals surface area contributed by atoms with Gasteiger partial charge in [0, 0.05) is 0 Å². The van der Waals surface area contributed by atoms with Crippen molar-refractivity contribution in [2.75, 3.05) is 18.1 Å². The minimum Gasteiger partial charge on any atom is -0.454 e. The first kappa shape index (κ1) is 13.6. The maximum Gasteiger partial charge on any atom is 0.282 e. The number of nitrogens with zero attached hydrogens (tertiary/aromatic N) is 5. The molecule has 0 radical (unpaired) electrons. The number of nitrogens with one attached hydrogen (secondary N) is 1. The van der Waals surface area contributed by atoms with Crippen molar-refractivity contribution >= 4 is 17.9 Å². The van der Waals surface area contributed by atoms with Crippen LogP contribution in [0.3, 0.4) is 0 Å². The number of benzene rings is 1. The van der Waals surface area contributed by atoms with Gasteiger partial charge in [0.25, 0.3) is 11.6 Å². The number of nitrogens with two attached hydrogens (primary N) is 1. The van der Waals surface area contributed by atoms with Gasteiger partial charge in [-0.1, -0.05) is 0 Å². The fourth-order valence-corrected chi connectivity index (χ4v) is 1.81. The quantitative estimate of drug-likeness (QED) is 0.357. The largest absolute Gasteiger partial charge is 0.454 e. The van der Waals surface area contributed by atoms with Crippen molar-refractivity contribution in [2.45, 2.75) is 6.92 Å². The Hall–Kier alpha value is -3.37. The van der Waals surface area contributed by atoms with Crippen LogP contribution >= 0.6 is 0 Å². The summed E-state index contributed by atoms with van der Waals surface area (Å²) in [4.78, 5) is 10.6. The number of hydrogen-bond donors (Lipinski definition) is 2. The van der Waals surface area contributed by atoms with Crippen molar-refractivity contribution in [2.24, 2.45) is 5.10 Å². The number of aromatic nitrogens is 3. The zero-order valence-corrected chi connectivity index (χ0v) is 11.4. The highest BCUT2D eigenvalue weighted by Crippen LogP contribution is 2.37. The van der Waals surface area contributed by atoms with Gasteiger partial charge in [0.1, 0.15) is 0 Å². The van der Waals surface area contributed by atoms with Crippen LogP contribution in [-0.4, -0.2) is 32.8 Å². The van der Waals surface area contributed by atoms with E-state index in [1.165, 1.54) is 23.0 Å². The molecule has 114 valence electrons. The second-order valence-electron chi connectivity index (χ2n) is 4.33. The molecule has 11 nitrogen and oxygen atoms in total. The Kier molecular flexibility index (Phi) is 3.21. The van der Waals surface area contributed by atoms with Crippen molar-refractivity contribution in [1.29, 1.82) is 0 Å². The van der Waals surface area contributed by atoms with Crippen LogP contribution in [0.15, 0.2) is 17.2 Å². The number of hydrazone groups is 1. The van der Waals surface area contributed by atoms with Gasteiger partial charge in [-0.2, -0.15) is 5.10 Å². The number of nitrogen functional groups attached to an aromatic ring is 1. The average Bonchev–Trinajstić information content (AvgIpc) is 3.07. The molecule has 22 heavy (non-hydrogen) atoms. The summed E-state index contributed by atoms with van der Waals surface area (Å²) in [5.41, 5.74) is 2.65. The molecule has 0 unspecified atom stereocenters. The molecular formula is C11H11N7O4. The van der Waals surface area contributed by atoms with Crippen molar-refractivity contribution in [3.05, 3.63) is 33.6 Å². The van der Waals surface area contributed by atoms with Gasteiger partial charge in [-0.3, -0.25) is 10.1 Å². The van der Waals surface area contributed by atoms with Crippen molar-refractivity contribution in [3.63, 3.8) is 0 Å². The van der Waals surface area contributed by atoms with Crippen LogP contribution in [-0.2, 0) is 0 Å². The van der Waals surface area contributed by atoms with Crippen molar-refractivity contribution in [1.82, 2.24) is 14.9 Å². The standard InChI is InChI=1S/C11H11N7O4/c1-6-14-16-11(17(6)12)15-13-4-7-2-9-10(22-5-21-9)3-8(7)18(19)20/h2-4H,5,12H2,1H3,(H,15,16)/b13-4-. The predicted octanol–water partition coefficient (Wildman–Crippen LogP) is 0.383. The average molecular weight is 305 g/mol. The SMILES string of the molecule is Cc1nnc(N/N=C\c2cc3c(cc2[N+](=O)[O-])OCO3)n1N. The smallest absolute Gasteiger partial charge is 0.282 e. The van der Waals surface area contributed by atoms with E-state index in [1.807, 2.05) is 0 Å². The molecule has 1 aliphatic heterocycles. The van der Waals surface area contributed by atoms with Crippen molar-refractivity contribution < 1.29 is 14.4 Å². The zero-order valence-electron chi connectivity index (χ0n) is 11.4. The summed E-state index contributed by atoms with van der Waals surface area (Å²) >= 11 is 0. The number of fused-ring (bicyclic) bond motifs is 1. The summed E-state index contributed by atoms with van der Waals surface area (Å²) in [5, 5.41) is 22.5. The van der Waals surface area contributed by atoms with E-state index in [-0.39, 0.29) is 24.0 Å². The Morgan fingerprint density at radius 3 is 2.82 bits per heavy atom. The Balaban J connectivity index is 1.86. The van der Waals surface area contributed by atoms with Gasteiger partial charge in [-0.25, -0.2) is 10.1 Å². The van der Waals surface area contributed by atoms with Crippen LogP contribution in [0.25, 0.3) is 0 Å². The molecule has 2 aromatic rings. The molecule has 3 rings (SSSR count). The maximum absolute atomic E-state index is 11.1. The van der Waals surface area contributed by atoms with Crippen LogP contribution in [0.2, 0.25) is 0 Å². The number of rotatable bonds is 4. The molecule has 0 amide bonds. The van der Waals surface area contributed by atoms with Crippen LogP contribution < -0.4 is 20.7 Å². The third kappa shape index (κ3) is 2.34. The van der Waals surface area contributed by atoms with Crippen LogP contribution in [0.5, 0.6) is 11.5 Å².